The number of hydrogen-bond acceptors (Lipinski definition) is 4. The number of pyridine rings is 1. The molecule has 0 atom stereocenters. The maximum atomic E-state index is 11.4. The minimum Gasteiger partial charge on any atom is -0.368 e. The van der Waals surface area contributed by atoms with Crippen LogP contribution in [-0.4, -0.2) is 42.0 Å². The number of carbonyl (C=O) groups excluding carboxylic acids is 1. The van der Waals surface area contributed by atoms with Gasteiger partial charge in [0.05, 0.1) is 17.6 Å². The van der Waals surface area contributed by atoms with Gasteiger partial charge in [-0.05, 0) is 18.6 Å². The summed E-state index contributed by atoms with van der Waals surface area (Å²) in [6, 6.07) is 4.02. The fraction of sp³-hybridized carbons (Fsp3) is 0.538. The van der Waals surface area contributed by atoms with E-state index in [1.165, 1.54) is 0 Å². The maximum Gasteiger partial charge on any atom is 0.219 e. The molecular formula is C13H20N4O. The van der Waals surface area contributed by atoms with Gasteiger partial charge in [0.1, 0.15) is 0 Å². The Morgan fingerprint density at radius 2 is 2.17 bits per heavy atom. The van der Waals surface area contributed by atoms with Gasteiger partial charge >= 0.3 is 0 Å². The fourth-order valence-electron chi connectivity index (χ4n) is 2.22. The first-order chi connectivity index (χ1) is 8.70. The lowest BCUT2D eigenvalue weighted by Crippen LogP contribution is -2.33. The van der Waals surface area contributed by atoms with Crippen LogP contribution in [0.3, 0.4) is 0 Å². The number of nitrogens with two attached hydrogens (primary N) is 1. The van der Waals surface area contributed by atoms with Crippen molar-refractivity contribution in [2.75, 3.05) is 31.1 Å². The summed E-state index contributed by atoms with van der Waals surface area (Å²) in [6.45, 7) is 5.57. The molecule has 1 aromatic rings. The molecule has 2 rings (SSSR count). The number of rotatable bonds is 2. The molecule has 98 valence electrons. The molecule has 0 aliphatic carbocycles. The minimum absolute atomic E-state index is 0.161. The third-order valence-corrected chi connectivity index (χ3v) is 3.32. The summed E-state index contributed by atoms with van der Waals surface area (Å²) >= 11 is 0. The highest BCUT2D eigenvalue weighted by molar-refractivity contribution is 5.73. The van der Waals surface area contributed by atoms with Crippen molar-refractivity contribution in [3.63, 3.8) is 0 Å². The van der Waals surface area contributed by atoms with E-state index in [9.17, 15) is 4.79 Å². The van der Waals surface area contributed by atoms with Crippen LogP contribution in [0.4, 0.5) is 5.69 Å². The molecule has 1 aliphatic heterocycles. The average Bonchev–Trinajstić information content (AvgIpc) is 2.64. The van der Waals surface area contributed by atoms with Gasteiger partial charge in [-0.1, -0.05) is 0 Å². The van der Waals surface area contributed by atoms with E-state index in [2.05, 4.69) is 16.0 Å². The van der Waals surface area contributed by atoms with Crippen LogP contribution in [0.2, 0.25) is 0 Å². The second-order valence-corrected chi connectivity index (χ2v) is 4.56. The Morgan fingerprint density at radius 3 is 2.78 bits per heavy atom. The largest absolute Gasteiger partial charge is 0.368 e. The van der Waals surface area contributed by atoms with Gasteiger partial charge < -0.3 is 15.5 Å². The van der Waals surface area contributed by atoms with E-state index in [1.54, 1.807) is 6.92 Å². The van der Waals surface area contributed by atoms with Crippen molar-refractivity contribution in [3.05, 3.63) is 24.0 Å². The third-order valence-electron chi connectivity index (χ3n) is 3.32. The van der Waals surface area contributed by atoms with Crippen LogP contribution in [0.1, 0.15) is 19.0 Å². The first-order valence-corrected chi connectivity index (χ1v) is 6.36. The normalized spacial score (nSPS) is 16.6. The smallest absolute Gasteiger partial charge is 0.219 e. The molecule has 1 saturated heterocycles. The number of nitrogens with zero attached hydrogens (tertiary/aromatic N) is 3. The zero-order valence-corrected chi connectivity index (χ0v) is 10.8. The van der Waals surface area contributed by atoms with E-state index in [0.29, 0.717) is 6.54 Å². The number of anilines is 1. The molecular weight excluding hydrogens is 228 g/mol. The van der Waals surface area contributed by atoms with Gasteiger partial charge in [-0.15, -0.1) is 0 Å². The van der Waals surface area contributed by atoms with Crippen LogP contribution in [-0.2, 0) is 11.3 Å². The molecule has 2 heterocycles. The lowest BCUT2D eigenvalue weighted by molar-refractivity contribution is -0.128. The molecule has 1 aliphatic rings. The summed E-state index contributed by atoms with van der Waals surface area (Å²) in [5.74, 6) is 0.161. The first-order valence-electron chi connectivity index (χ1n) is 6.36. The zero-order valence-electron chi connectivity index (χ0n) is 10.8. The Labute approximate surface area is 108 Å². The molecule has 1 aromatic heterocycles. The fourth-order valence-corrected chi connectivity index (χ4v) is 2.22. The summed E-state index contributed by atoms with van der Waals surface area (Å²) < 4.78 is 0. The summed E-state index contributed by atoms with van der Waals surface area (Å²) in [5.41, 5.74) is 7.55. The van der Waals surface area contributed by atoms with Crippen molar-refractivity contribution in [2.24, 2.45) is 5.73 Å². The van der Waals surface area contributed by atoms with Crippen LogP contribution in [0.25, 0.3) is 0 Å². The highest BCUT2D eigenvalue weighted by atomic mass is 16.2. The molecule has 18 heavy (non-hydrogen) atoms. The second-order valence-electron chi connectivity index (χ2n) is 4.56. The highest BCUT2D eigenvalue weighted by Gasteiger charge is 2.16. The van der Waals surface area contributed by atoms with E-state index in [-0.39, 0.29) is 5.91 Å². The number of hydrogen-bond donors (Lipinski definition) is 1. The molecule has 0 saturated carbocycles. The van der Waals surface area contributed by atoms with Gasteiger partial charge in [0.15, 0.2) is 0 Å². The van der Waals surface area contributed by atoms with E-state index in [1.807, 2.05) is 17.2 Å². The van der Waals surface area contributed by atoms with Crippen molar-refractivity contribution in [1.29, 1.82) is 0 Å². The molecule has 0 bridgehead atoms. The molecule has 1 amide bonds. The second kappa shape index (κ2) is 5.82. The summed E-state index contributed by atoms with van der Waals surface area (Å²) in [5, 5.41) is 0. The Bertz CT molecular complexity index is 404. The molecule has 5 heteroatoms. The van der Waals surface area contributed by atoms with Crippen molar-refractivity contribution in [1.82, 2.24) is 9.88 Å². The zero-order chi connectivity index (χ0) is 13.0. The van der Waals surface area contributed by atoms with E-state index in [0.717, 1.165) is 44.0 Å². The van der Waals surface area contributed by atoms with Gasteiger partial charge in [-0.2, -0.15) is 0 Å². The van der Waals surface area contributed by atoms with E-state index in [4.69, 9.17) is 5.73 Å². The predicted octanol–water partition coefficient (Wildman–Crippen LogP) is 0.599. The van der Waals surface area contributed by atoms with Crippen molar-refractivity contribution >= 4 is 11.6 Å². The third kappa shape index (κ3) is 2.98. The van der Waals surface area contributed by atoms with Crippen LogP contribution >= 0.6 is 0 Å². The van der Waals surface area contributed by atoms with Crippen molar-refractivity contribution in [2.45, 2.75) is 19.9 Å². The van der Waals surface area contributed by atoms with Crippen LogP contribution in [0.15, 0.2) is 18.3 Å². The number of amides is 1. The standard InChI is InChI=1S/C13H20N4O/c1-11(18)16-5-2-6-17(8-7-16)13-4-3-12(9-14)15-10-13/h3-4,10H,2,5-9,14H2,1H3. The molecule has 0 aromatic carbocycles. The lowest BCUT2D eigenvalue weighted by atomic mass is 10.3. The van der Waals surface area contributed by atoms with Gasteiger partial charge in [-0.25, -0.2) is 0 Å². The molecule has 5 nitrogen and oxygen atoms in total. The highest BCUT2D eigenvalue weighted by Crippen LogP contribution is 2.15. The SMILES string of the molecule is CC(=O)N1CCCN(c2ccc(CN)nc2)CC1. The Hall–Kier alpha value is -1.62. The summed E-state index contributed by atoms with van der Waals surface area (Å²) in [4.78, 5) is 19.8. The first kappa shape index (κ1) is 12.8. The Balaban J connectivity index is 2.02. The maximum absolute atomic E-state index is 11.4. The monoisotopic (exact) mass is 248 g/mol. The lowest BCUT2D eigenvalue weighted by Gasteiger charge is -2.23. The van der Waals surface area contributed by atoms with Gasteiger partial charge in [-0.3, -0.25) is 9.78 Å². The number of carbonyl (C=O) groups is 1. The Kier molecular flexibility index (Phi) is 4.15. The van der Waals surface area contributed by atoms with E-state index >= 15 is 0 Å². The topological polar surface area (TPSA) is 62.5 Å². The van der Waals surface area contributed by atoms with Crippen molar-refractivity contribution < 1.29 is 4.79 Å². The minimum atomic E-state index is 0.161. The molecule has 0 unspecified atom stereocenters. The van der Waals surface area contributed by atoms with Crippen LogP contribution in [0.5, 0.6) is 0 Å². The summed E-state index contributed by atoms with van der Waals surface area (Å²) in [7, 11) is 0. The van der Waals surface area contributed by atoms with Crippen molar-refractivity contribution in [3.8, 4) is 0 Å². The average molecular weight is 248 g/mol. The number of aromatic nitrogens is 1. The van der Waals surface area contributed by atoms with E-state index < -0.39 is 0 Å². The van der Waals surface area contributed by atoms with Gasteiger partial charge in [0.25, 0.3) is 0 Å². The molecule has 0 radical (unpaired) electrons. The van der Waals surface area contributed by atoms with Crippen LogP contribution in [0, 0.1) is 0 Å². The Morgan fingerprint density at radius 1 is 1.33 bits per heavy atom. The van der Waals surface area contributed by atoms with Crippen LogP contribution < -0.4 is 10.6 Å². The summed E-state index contributed by atoms with van der Waals surface area (Å²) in [6.07, 6.45) is 2.86. The van der Waals surface area contributed by atoms with Gasteiger partial charge in [0.2, 0.25) is 5.91 Å². The molecule has 1 fully saturated rings. The predicted molar refractivity (Wildman–Crippen MR) is 71.2 cm³/mol. The quantitative estimate of drug-likeness (QED) is 0.832. The van der Waals surface area contributed by atoms with Gasteiger partial charge in [0, 0.05) is 39.6 Å². The molecule has 2 N–H and O–H groups in total. The molecule has 0 spiro atoms.